The number of anilines is 1. The third kappa shape index (κ3) is 4.61. The molecule has 1 heterocycles. The molecule has 0 bridgehead atoms. The molecule has 114 valence electrons. The number of carbonyl (C=O) groups is 2. The number of amides is 2. The van der Waals surface area contributed by atoms with Crippen LogP contribution in [-0.4, -0.2) is 35.1 Å². The van der Waals surface area contributed by atoms with Crippen molar-refractivity contribution in [2.75, 3.05) is 18.4 Å². The first-order chi connectivity index (χ1) is 9.95. The van der Waals surface area contributed by atoms with E-state index in [2.05, 4.69) is 21.2 Å². The molecule has 0 atom stereocenters. The summed E-state index contributed by atoms with van der Waals surface area (Å²) in [6, 6.07) is 5.05. The smallest absolute Gasteiger partial charge is 0.321 e. The molecular weight excluding hydrogens is 360 g/mol. The lowest BCUT2D eigenvalue weighted by Crippen LogP contribution is -2.41. The van der Waals surface area contributed by atoms with Crippen LogP contribution < -0.4 is 5.32 Å². The highest BCUT2D eigenvalue weighted by atomic mass is 79.9. The van der Waals surface area contributed by atoms with E-state index in [4.69, 9.17) is 16.7 Å². The van der Waals surface area contributed by atoms with Crippen molar-refractivity contribution in [3.8, 4) is 0 Å². The summed E-state index contributed by atoms with van der Waals surface area (Å²) >= 11 is 9.37. The van der Waals surface area contributed by atoms with Gasteiger partial charge in [-0.1, -0.05) is 27.5 Å². The van der Waals surface area contributed by atoms with Crippen LogP contribution in [0.25, 0.3) is 0 Å². The summed E-state index contributed by atoms with van der Waals surface area (Å²) in [7, 11) is 0. The zero-order chi connectivity index (χ0) is 15.4. The molecule has 2 N–H and O–H groups in total. The zero-order valence-corrected chi connectivity index (χ0v) is 13.7. The molecule has 1 aromatic carbocycles. The quantitative estimate of drug-likeness (QED) is 0.844. The first-order valence-corrected chi connectivity index (χ1v) is 7.85. The summed E-state index contributed by atoms with van der Waals surface area (Å²) < 4.78 is 0.836. The number of nitrogens with one attached hydrogen (secondary N) is 1. The van der Waals surface area contributed by atoms with Gasteiger partial charge in [0.05, 0.1) is 10.7 Å². The number of hydrogen-bond acceptors (Lipinski definition) is 2. The standard InChI is InChI=1S/C14H16BrClN2O3/c15-10-1-2-11(16)12(8-10)17-14(21)18-5-3-9(4-6-18)7-13(19)20/h1-2,8-9H,3-7H2,(H,17,21)(H,19,20). The Hall–Kier alpha value is -1.27. The molecule has 0 aromatic heterocycles. The molecule has 1 aliphatic heterocycles. The van der Waals surface area contributed by atoms with Crippen molar-refractivity contribution in [2.45, 2.75) is 19.3 Å². The van der Waals surface area contributed by atoms with Crippen LogP contribution in [0.1, 0.15) is 19.3 Å². The lowest BCUT2D eigenvalue weighted by atomic mass is 9.94. The van der Waals surface area contributed by atoms with Crippen molar-refractivity contribution in [3.05, 3.63) is 27.7 Å². The first-order valence-electron chi connectivity index (χ1n) is 6.68. The highest BCUT2D eigenvalue weighted by Crippen LogP contribution is 2.27. The Kier molecular flexibility index (Phi) is 5.47. The largest absolute Gasteiger partial charge is 0.481 e. The summed E-state index contributed by atoms with van der Waals surface area (Å²) in [6.45, 7) is 1.13. The van der Waals surface area contributed by atoms with Gasteiger partial charge < -0.3 is 15.3 Å². The number of likely N-dealkylation sites (tertiary alicyclic amines) is 1. The highest BCUT2D eigenvalue weighted by Gasteiger charge is 2.24. The van der Waals surface area contributed by atoms with Gasteiger partial charge in [0.15, 0.2) is 0 Å². The fourth-order valence-electron chi connectivity index (χ4n) is 2.37. The molecular formula is C14H16BrClN2O3. The molecule has 2 rings (SSSR count). The van der Waals surface area contributed by atoms with Crippen molar-refractivity contribution in [2.24, 2.45) is 5.92 Å². The van der Waals surface area contributed by atoms with Crippen molar-refractivity contribution < 1.29 is 14.7 Å². The molecule has 5 nitrogen and oxygen atoms in total. The summed E-state index contributed by atoms with van der Waals surface area (Å²) in [5.41, 5.74) is 0.559. The Morgan fingerprint density at radius 3 is 2.67 bits per heavy atom. The van der Waals surface area contributed by atoms with E-state index in [9.17, 15) is 9.59 Å². The van der Waals surface area contributed by atoms with E-state index < -0.39 is 5.97 Å². The minimum absolute atomic E-state index is 0.154. The minimum Gasteiger partial charge on any atom is -0.481 e. The highest BCUT2D eigenvalue weighted by molar-refractivity contribution is 9.10. The van der Waals surface area contributed by atoms with Gasteiger partial charge in [-0.2, -0.15) is 0 Å². The normalized spacial score (nSPS) is 15.8. The topological polar surface area (TPSA) is 69.6 Å². The number of hydrogen-bond donors (Lipinski definition) is 2. The van der Waals surface area contributed by atoms with Crippen molar-refractivity contribution in [3.63, 3.8) is 0 Å². The van der Waals surface area contributed by atoms with Gasteiger partial charge in [0.25, 0.3) is 0 Å². The van der Waals surface area contributed by atoms with Gasteiger partial charge in [0.2, 0.25) is 0 Å². The minimum atomic E-state index is -0.779. The van der Waals surface area contributed by atoms with Gasteiger partial charge in [-0.25, -0.2) is 4.79 Å². The van der Waals surface area contributed by atoms with Gasteiger partial charge in [0, 0.05) is 24.0 Å². The van der Waals surface area contributed by atoms with E-state index in [-0.39, 0.29) is 18.4 Å². The second-order valence-corrected chi connectivity index (χ2v) is 6.41. The maximum atomic E-state index is 12.2. The molecule has 21 heavy (non-hydrogen) atoms. The zero-order valence-electron chi connectivity index (χ0n) is 11.3. The summed E-state index contributed by atoms with van der Waals surface area (Å²) in [5.74, 6) is -0.625. The van der Waals surface area contributed by atoms with E-state index in [0.29, 0.717) is 36.6 Å². The molecule has 0 radical (unpaired) electrons. The van der Waals surface area contributed by atoms with Crippen LogP contribution in [0.15, 0.2) is 22.7 Å². The molecule has 0 aliphatic carbocycles. The SMILES string of the molecule is O=C(O)CC1CCN(C(=O)Nc2cc(Br)ccc2Cl)CC1. The molecule has 1 fully saturated rings. The van der Waals surface area contributed by atoms with Crippen LogP contribution in [-0.2, 0) is 4.79 Å². The van der Waals surface area contributed by atoms with E-state index in [0.717, 1.165) is 4.47 Å². The average Bonchev–Trinajstić information content (AvgIpc) is 2.43. The number of aliphatic carboxylic acids is 1. The van der Waals surface area contributed by atoms with Crippen LogP contribution >= 0.6 is 27.5 Å². The van der Waals surface area contributed by atoms with E-state index in [1.54, 1.807) is 23.1 Å². The number of rotatable bonds is 3. The monoisotopic (exact) mass is 374 g/mol. The Morgan fingerprint density at radius 2 is 2.05 bits per heavy atom. The Labute approximate surface area is 136 Å². The van der Waals surface area contributed by atoms with Crippen LogP contribution in [0.5, 0.6) is 0 Å². The number of carbonyl (C=O) groups excluding carboxylic acids is 1. The Morgan fingerprint density at radius 1 is 1.38 bits per heavy atom. The number of nitrogens with zero attached hydrogens (tertiary/aromatic N) is 1. The van der Waals surface area contributed by atoms with E-state index >= 15 is 0 Å². The number of halogens is 2. The fourth-order valence-corrected chi connectivity index (χ4v) is 2.90. The van der Waals surface area contributed by atoms with Gasteiger partial charge in [-0.15, -0.1) is 0 Å². The number of carboxylic acid groups (broad SMARTS) is 1. The second kappa shape index (κ2) is 7.13. The van der Waals surface area contributed by atoms with Gasteiger partial charge in [0.1, 0.15) is 0 Å². The first kappa shape index (κ1) is 16.1. The number of carboxylic acids is 1. The molecule has 0 saturated carbocycles. The van der Waals surface area contributed by atoms with E-state index in [1.807, 2.05) is 0 Å². The maximum Gasteiger partial charge on any atom is 0.321 e. The Bertz CT molecular complexity index is 545. The third-order valence-corrected chi connectivity index (χ3v) is 4.36. The number of urea groups is 1. The maximum absolute atomic E-state index is 12.2. The Balaban J connectivity index is 1.90. The van der Waals surface area contributed by atoms with Crippen LogP contribution in [0.4, 0.5) is 10.5 Å². The molecule has 0 unspecified atom stereocenters. The van der Waals surface area contributed by atoms with Crippen molar-refractivity contribution in [1.82, 2.24) is 4.90 Å². The molecule has 1 aromatic rings. The second-order valence-electron chi connectivity index (χ2n) is 5.08. The average molecular weight is 376 g/mol. The van der Waals surface area contributed by atoms with Crippen molar-refractivity contribution >= 4 is 45.2 Å². The fraction of sp³-hybridized carbons (Fsp3) is 0.429. The molecule has 7 heteroatoms. The molecule has 1 saturated heterocycles. The summed E-state index contributed by atoms with van der Waals surface area (Å²) in [4.78, 5) is 24.6. The van der Waals surface area contributed by atoms with Crippen LogP contribution in [0, 0.1) is 5.92 Å². The summed E-state index contributed by atoms with van der Waals surface area (Å²) in [6.07, 6.45) is 1.60. The predicted octanol–water partition coefficient (Wildman–Crippen LogP) is 3.82. The molecule has 1 aliphatic rings. The van der Waals surface area contributed by atoms with Gasteiger partial charge in [-0.3, -0.25) is 4.79 Å². The van der Waals surface area contributed by atoms with Gasteiger partial charge >= 0.3 is 12.0 Å². The lowest BCUT2D eigenvalue weighted by molar-refractivity contribution is -0.138. The van der Waals surface area contributed by atoms with Gasteiger partial charge in [-0.05, 0) is 37.0 Å². The predicted molar refractivity (Wildman–Crippen MR) is 84.7 cm³/mol. The van der Waals surface area contributed by atoms with Crippen LogP contribution in [0.3, 0.4) is 0 Å². The third-order valence-electron chi connectivity index (χ3n) is 3.54. The number of piperidine rings is 1. The van der Waals surface area contributed by atoms with E-state index in [1.165, 1.54) is 0 Å². The number of benzene rings is 1. The van der Waals surface area contributed by atoms with Crippen molar-refractivity contribution in [1.29, 1.82) is 0 Å². The lowest BCUT2D eigenvalue weighted by Gasteiger charge is -2.31. The molecule has 0 spiro atoms. The molecule has 2 amide bonds. The summed E-state index contributed by atoms with van der Waals surface area (Å²) in [5, 5.41) is 12.0. The van der Waals surface area contributed by atoms with Crippen LogP contribution in [0.2, 0.25) is 5.02 Å².